The summed E-state index contributed by atoms with van der Waals surface area (Å²) in [4.78, 5) is 24.9. The number of benzene rings is 1. The van der Waals surface area contributed by atoms with E-state index in [-0.39, 0.29) is 28.9 Å². The van der Waals surface area contributed by atoms with E-state index in [4.69, 9.17) is 16.3 Å². The zero-order chi connectivity index (χ0) is 17.0. The monoisotopic (exact) mass is 340 g/mol. The van der Waals surface area contributed by atoms with Crippen LogP contribution in [0.1, 0.15) is 49.9 Å². The van der Waals surface area contributed by atoms with Crippen LogP contribution in [0.4, 0.5) is 11.4 Å². The molecule has 1 aromatic rings. The molecular weight excluding hydrogens is 320 g/mol. The van der Waals surface area contributed by atoms with Gasteiger partial charge in [-0.05, 0) is 38.7 Å². The lowest BCUT2D eigenvalue weighted by Crippen LogP contribution is -2.38. The van der Waals surface area contributed by atoms with E-state index in [0.717, 1.165) is 25.8 Å². The van der Waals surface area contributed by atoms with E-state index in [1.807, 2.05) is 18.7 Å². The van der Waals surface area contributed by atoms with Crippen molar-refractivity contribution >= 4 is 28.9 Å². The maximum absolute atomic E-state index is 12.0. The van der Waals surface area contributed by atoms with Crippen LogP contribution in [-0.4, -0.2) is 30.1 Å². The number of ether oxygens (including phenoxy) is 1. The third kappa shape index (κ3) is 3.93. The highest BCUT2D eigenvalue weighted by Crippen LogP contribution is 2.40. The van der Waals surface area contributed by atoms with Gasteiger partial charge in [0.15, 0.2) is 0 Å². The van der Waals surface area contributed by atoms with Gasteiger partial charge in [0.1, 0.15) is 5.69 Å². The summed E-state index contributed by atoms with van der Waals surface area (Å²) >= 11 is 6.30. The summed E-state index contributed by atoms with van der Waals surface area (Å²) in [6.45, 7) is 4.91. The van der Waals surface area contributed by atoms with Crippen molar-refractivity contribution in [2.45, 2.75) is 45.6 Å². The van der Waals surface area contributed by atoms with Crippen molar-refractivity contribution in [3.8, 4) is 0 Å². The first-order valence-corrected chi connectivity index (χ1v) is 8.25. The van der Waals surface area contributed by atoms with Gasteiger partial charge in [0.25, 0.3) is 5.69 Å². The normalized spacial score (nSPS) is 17.9. The molecule has 7 heteroatoms. The fourth-order valence-electron chi connectivity index (χ4n) is 2.83. The van der Waals surface area contributed by atoms with Gasteiger partial charge < -0.3 is 9.64 Å². The minimum absolute atomic E-state index is 0.114. The second kappa shape index (κ2) is 7.64. The zero-order valence-corrected chi connectivity index (χ0v) is 14.1. The molecule has 1 saturated heterocycles. The first-order valence-electron chi connectivity index (χ1n) is 7.87. The minimum atomic E-state index is -0.588. The summed E-state index contributed by atoms with van der Waals surface area (Å²) in [6, 6.07) is 2.90. The molecule has 1 aliphatic heterocycles. The molecule has 0 radical (unpaired) electrons. The molecule has 0 aromatic heterocycles. The fraction of sp³-hybridized carbons (Fsp3) is 0.562. The van der Waals surface area contributed by atoms with E-state index in [2.05, 4.69) is 0 Å². The van der Waals surface area contributed by atoms with E-state index in [1.54, 1.807) is 0 Å². The van der Waals surface area contributed by atoms with Crippen LogP contribution in [0.25, 0.3) is 0 Å². The summed E-state index contributed by atoms with van der Waals surface area (Å²) < 4.78 is 5.04. The smallest absolute Gasteiger partial charge is 0.338 e. The van der Waals surface area contributed by atoms with Crippen molar-refractivity contribution in [2.24, 2.45) is 0 Å². The molecule has 126 valence electrons. The molecule has 0 spiro atoms. The Morgan fingerprint density at radius 3 is 2.83 bits per heavy atom. The lowest BCUT2D eigenvalue weighted by molar-refractivity contribution is -0.384. The number of anilines is 1. The van der Waals surface area contributed by atoms with E-state index >= 15 is 0 Å². The average molecular weight is 341 g/mol. The molecule has 0 saturated carbocycles. The lowest BCUT2D eigenvalue weighted by Gasteiger charge is -2.35. The number of carbonyl (C=O) groups is 1. The Balaban J connectivity index is 2.42. The number of nitrogens with zero attached hydrogens (tertiary/aromatic N) is 2. The number of hydrogen-bond acceptors (Lipinski definition) is 5. The number of rotatable bonds is 5. The summed E-state index contributed by atoms with van der Waals surface area (Å²) in [5.74, 6) is -0.588. The van der Waals surface area contributed by atoms with Crippen LogP contribution in [0, 0.1) is 10.1 Å². The predicted molar refractivity (Wildman–Crippen MR) is 89.3 cm³/mol. The van der Waals surface area contributed by atoms with Gasteiger partial charge in [-0.2, -0.15) is 0 Å². The minimum Gasteiger partial charge on any atom is -0.462 e. The van der Waals surface area contributed by atoms with Gasteiger partial charge in [-0.1, -0.05) is 18.5 Å². The highest BCUT2D eigenvalue weighted by Gasteiger charge is 2.30. The molecule has 1 fully saturated rings. The van der Waals surface area contributed by atoms with Gasteiger partial charge in [-0.25, -0.2) is 4.79 Å². The molecular formula is C16H21ClN2O4. The largest absolute Gasteiger partial charge is 0.462 e. The van der Waals surface area contributed by atoms with Gasteiger partial charge in [-0.15, -0.1) is 0 Å². The average Bonchev–Trinajstić information content (AvgIpc) is 2.52. The molecule has 0 aliphatic carbocycles. The van der Waals surface area contributed by atoms with Gasteiger partial charge >= 0.3 is 5.97 Å². The van der Waals surface area contributed by atoms with Crippen LogP contribution in [0.15, 0.2) is 12.1 Å². The maximum Gasteiger partial charge on any atom is 0.338 e. The molecule has 1 aromatic carbocycles. The SMILES string of the molecule is CCCOC(=O)c1cc(Cl)c(N2CCCC[C@H]2C)c([N+](=O)[O-])c1. The van der Waals surface area contributed by atoms with Crippen molar-refractivity contribution in [1.82, 2.24) is 0 Å². The molecule has 23 heavy (non-hydrogen) atoms. The standard InChI is InChI=1S/C16H21ClN2O4/c1-3-8-23-16(20)12-9-13(17)15(14(10-12)19(21)22)18-7-5-4-6-11(18)2/h9-11H,3-8H2,1-2H3/t11-/m1/s1. The Morgan fingerprint density at radius 1 is 1.48 bits per heavy atom. The quantitative estimate of drug-likeness (QED) is 0.456. The molecule has 1 heterocycles. The van der Waals surface area contributed by atoms with Crippen molar-refractivity contribution in [1.29, 1.82) is 0 Å². The predicted octanol–water partition coefficient (Wildman–Crippen LogP) is 4.19. The topological polar surface area (TPSA) is 72.7 Å². The van der Waals surface area contributed by atoms with E-state index in [0.29, 0.717) is 12.1 Å². The van der Waals surface area contributed by atoms with Gasteiger partial charge in [0.2, 0.25) is 0 Å². The summed E-state index contributed by atoms with van der Waals surface area (Å²) in [6.07, 6.45) is 3.72. The van der Waals surface area contributed by atoms with Crippen molar-refractivity contribution in [3.63, 3.8) is 0 Å². The third-order valence-electron chi connectivity index (χ3n) is 4.00. The molecule has 6 nitrogen and oxygen atoms in total. The molecule has 0 bridgehead atoms. The van der Waals surface area contributed by atoms with Crippen molar-refractivity contribution in [2.75, 3.05) is 18.1 Å². The third-order valence-corrected chi connectivity index (χ3v) is 4.29. The molecule has 0 N–H and O–H groups in total. The van der Waals surface area contributed by atoms with E-state index < -0.39 is 10.9 Å². The zero-order valence-electron chi connectivity index (χ0n) is 13.4. The summed E-state index contributed by atoms with van der Waals surface area (Å²) in [7, 11) is 0. The van der Waals surface area contributed by atoms with Crippen LogP contribution >= 0.6 is 11.6 Å². The van der Waals surface area contributed by atoms with Crippen molar-refractivity contribution < 1.29 is 14.5 Å². The highest BCUT2D eigenvalue weighted by atomic mass is 35.5. The van der Waals surface area contributed by atoms with E-state index in [1.165, 1.54) is 12.1 Å². The molecule has 1 aliphatic rings. The molecule has 1 atom stereocenters. The number of piperidine rings is 1. The lowest BCUT2D eigenvalue weighted by atomic mass is 10.0. The maximum atomic E-state index is 12.0. The van der Waals surface area contributed by atoms with Crippen LogP contribution < -0.4 is 4.90 Å². The Kier molecular flexibility index (Phi) is 5.82. The number of esters is 1. The van der Waals surface area contributed by atoms with Crippen LogP contribution in [0.2, 0.25) is 5.02 Å². The van der Waals surface area contributed by atoms with Crippen molar-refractivity contribution in [3.05, 3.63) is 32.8 Å². The highest BCUT2D eigenvalue weighted by molar-refractivity contribution is 6.34. The Morgan fingerprint density at radius 2 is 2.22 bits per heavy atom. The van der Waals surface area contributed by atoms with Gasteiger partial charge in [0, 0.05) is 18.7 Å². The van der Waals surface area contributed by atoms with E-state index in [9.17, 15) is 14.9 Å². The second-order valence-corrected chi connectivity index (χ2v) is 6.16. The molecule has 2 rings (SSSR count). The number of nitro benzene ring substituents is 1. The Hall–Kier alpha value is -1.82. The number of hydrogen-bond donors (Lipinski definition) is 0. The van der Waals surface area contributed by atoms with Crippen LogP contribution in [0.5, 0.6) is 0 Å². The van der Waals surface area contributed by atoms with Crippen LogP contribution in [0.3, 0.4) is 0 Å². The molecule has 0 unspecified atom stereocenters. The Labute approximate surface area is 140 Å². The van der Waals surface area contributed by atoms with Gasteiger partial charge in [0.05, 0.1) is 22.1 Å². The number of halogens is 1. The summed E-state index contributed by atoms with van der Waals surface area (Å²) in [5, 5.41) is 11.7. The molecule has 0 amide bonds. The summed E-state index contributed by atoms with van der Waals surface area (Å²) in [5.41, 5.74) is 0.370. The fourth-order valence-corrected chi connectivity index (χ4v) is 3.16. The van der Waals surface area contributed by atoms with Gasteiger partial charge in [-0.3, -0.25) is 10.1 Å². The Bertz CT molecular complexity index is 606. The second-order valence-electron chi connectivity index (χ2n) is 5.76. The number of carbonyl (C=O) groups excluding carboxylic acids is 1. The van der Waals surface area contributed by atoms with Crippen LogP contribution in [-0.2, 0) is 4.74 Å². The first-order chi connectivity index (χ1) is 11.0. The first kappa shape index (κ1) is 17.5. The number of nitro groups is 1.